The zero-order valence-electron chi connectivity index (χ0n) is 10.4. The van der Waals surface area contributed by atoms with Crippen LogP contribution in [0.2, 0.25) is 0 Å². The van der Waals surface area contributed by atoms with Crippen LogP contribution in [0.3, 0.4) is 0 Å². The van der Waals surface area contributed by atoms with Crippen molar-refractivity contribution in [3.05, 3.63) is 35.6 Å². The van der Waals surface area contributed by atoms with Crippen LogP contribution in [-0.4, -0.2) is 19.0 Å². The number of rotatable bonds is 7. The number of carbonyl (C=O) groups is 1. The van der Waals surface area contributed by atoms with Crippen LogP contribution in [0.25, 0.3) is 0 Å². The first kappa shape index (κ1) is 13.8. The highest BCUT2D eigenvalue weighted by Gasteiger charge is 2.05. The maximum absolute atomic E-state index is 12.6. The Balaban J connectivity index is 2.23. The van der Waals surface area contributed by atoms with Crippen LogP contribution in [0, 0.1) is 11.7 Å². The molecule has 0 amide bonds. The predicted molar refractivity (Wildman–Crippen MR) is 65.6 cm³/mol. The summed E-state index contributed by atoms with van der Waals surface area (Å²) in [5.74, 6) is 0.284. The third-order valence-corrected chi connectivity index (χ3v) is 2.48. The van der Waals surface area contributed by atoms with Gasteiger partial charge in [-0.15, -0.1) is 0 Å². The van der Waals surface area contributed by atoms with Crippen LogP contribution in [-0.2, 0) is 4.74 Å². The van der Waals surface area contributed by atoms with E-state index < -0.39 is 0 Å². The number of hydrogen-bond acceptors (Lipinski definition) is 2. The van der Waals surface area contributed by atoms with E-state index in [0.717, 1.165) is 6.42 Å². The Morgan fingerprint density at radius 3 is 2.47 bits per heavy atom. The normalized spacial score (nSPS) is 10.8. The molecule has 0 bridgehead atoms. The number of benzene rings is 1. The Hall–Kier alpha value is -1.22. The van der Waals surface area contributed by atoms with Crippen molar-refractivity contribution in [3.8, 4) is 0 Å². The highest BCUT2D eigenvalue weighted by Crippen LogP contribution is 2.06. The molecule has 0 radical (unpaired) electrons. The van der Waals surface area contributed by atoms with Crippen molar-refractivity contribution in [2.75, 3.05) is 13.2 Å². The lowest BCUT2D eigenvalue weighted by atomic mass is 10.1. The second-order valence-electron chi connectivity index (χ2n) is 4.47. The number of hydrogen-bond donors (Lipinski definition) is 0. The van der Waals surface area contributed by atoms with Gasteiger partial charge in [0.2, 0.25) is 0 Å². The van der Waals surface area contributed by atoms with E-state index in [4.69, 9.17) is 4.74 Å². The number of carbonyl (C=O) groups excluding carboxylic acids is 1. The molecule has 0 fully saturated rings. The smallest absolute Gasteiger partial charge is 0.165 e. The Morgan fingerprint density at radius 1 is 1.24 bits per heavy atom. The molecule has 0 heterocycles. The fraction of sp³-hybridized carbons (Fsp3) is 0.500. The third-order valence-electron chi connectivity index (χ3n) is 2.48. The maximum atomic E-state index is 12.6. The molecule has 0 saturated heterocycles. The van der Waals surface area contributed by atoms with Crippen molar-refractivity contribution in [2.24, 2.45) is 5.92 Å². The molecule has 0 aliphatic rings. The van der Waals surface area contributed by atoms with Crippen LogP contribution < -0.4 is 0 Å². The van der Waals surface area contributed by atoms with Gasteiger partial charge in [-0.3, -0.25) is 4.79 Å². The average molecular weight is 238 g/mol. The van der Waals surface area contributed by atoms with Crippen molar-refractivity contribution in [1.82, 2.24) is 0 Å². The summed E-state index contributed by atoms with van der Waals surface area (Å²) >= 11 is 0. The van der Waals surface area contributed by atoms with Crippen molar-refractivity contribution < 1.29 is 13.9 Å². The second-order valence-corrected chi connectivity index (χ2v) is 4.47. The van der Waals surface area contributed by atoms with Gasteiger partial charge < -0.3 is 4.74 Å². The standard InChI is InChI=1S/C14H19FO2/c1-11(2)7-9-17-10-8-14(16)12-3-5-13(15)6-4-12/h3-6,11H,7-10H2,1-2H3. The zero-order valence-corrected chi connectivity index (χ0v) is 10.4. The fourth-order valence-corrected chi connectivity index (χ4v) is 1.37. The van der Waals surface area contributed by atoms with E-state index >= 15 is 0 Å². The summed E-state index contributed by atoms with van der Waals surface area (Å²) in [6.07, 6.45) is 1.36. The van der Waals surface area contributed by atoms with Crippen LogP contribution >= 0.6 is 0 Å². The summed E-state index contributed by atoms with van der Waals surface area (Å²) in [5.41, 5.74) is 0.541. The summed E-state index contributed by atoms with van der Waals surface area (Å²) in [6.45, 7) is 5.39. The van der Waals surface area contributed by atoms with Crippen molar-refractivity contribution in [3.63, 3.8) is 0 Å². The third kappa shape index (κ3) is 5.59. The minimum absolute atomic E-state index is 0.00505. The van der Waals surface area contributed by atoms with E-state index in [0.29, 0.717) is 31.1 Å². The average Bonchev–Trinajstić information content (AvgIpc) is 2.29. The van der Waals surface area contributed by atoms with Crippen LogP contribution in [0.15, 0.2) is 24.3 Å². The molecule has 0 atom stereocenters. The molecule has 1 rings (SSSR count). The first-order valence-electron chi connectivity index (χ1n) is 5.96. The number of Topliss-reactive ketones (excluding diaryl/α,β-unsaturated/α-hetero) is 1. The monoisotopic (exact) mass is 238 g/mol. The lowest BCUT2D eigenvalue weighted by Gasteiger charge is -2.06. The first-order chi connectivity index (χ1) is 8.09. The highest BCUT2D eigenvalue weighted by molar-refractivity contribution is 5.96. The molecule has 17 heavy (non-hydrogen) atoms. The summed E-state index contributed by atoms with van der Waals surface area (Å²) in [4.78, 5) is 11.7. The van der Waals surface area contributed by atoms with Gasteiger partial charge in [0.25, 0.3) is 0 Å². The molecule has 1 aromatic carbocycles. The Labute approximate surface area is 102 Å². The molecule has 0 saturated carbocycles. The van der Waals surface area contributed by atoms with E-state index in [2.05, 4.69) is 13.8 Å². The molecule has 94 valence electrons. The van der Waals surface area contributed by atoms with Gasteiger partial charge in [0.05, 0.1) is 6.61 Å². The first-order valence-corrected chi connectivity index (χ1v) is 5.96. The summed E-state index contributed by atoms with van der Waals surface area (Å²) < 4.78 is 18.0. The van der Waals surface area contributed by atoms with Gasteiger partial charge in [-0.25, -0.2) is 4.39 Å². The van der Waals surface area contributed by atoms with E-state index in [9.17, 15) is 9.18 Å². The second kappa shape index (κ2) is 7.17. The number of halogens is 1. The van der Waals surface area contributed by atoms with E-state index in [1.807, 2.05) is 0 Å². The van der Waals surface area contributed by atoms with Gasteiger partial charge in [0.15, 0.2) is 5.78 Å². The van der Waals surface area contributed by atoms with Gasteiger partial charge in [0, 0.05) is 18.6 Å². The molecule has 0 spiro atoms. The van der Waals surface area contributed by atoms with Gasteiger partial charge in [-0.2, -0.15) is 0 Å². The van der Waals surface area contributed by atoms with Gasteiger partial charge in [-0.05, 0) is 36.6 Å². The molecule has 3 heteroatoms. The highest BCUT2D eigenvalue weighted by atomic mass is 19.1. The molecule has 0 aromatic heterocycles. The largest absolute Gasteiger partial charge is 0.381 e. The van der Waals surface area contributed by atoms with Gasteiger partial charge >= 0.3 is 0 Å². The Bertz CT molecular complexity index is 344. The molecule has 0 aliphatic carbocycles. The summed E-state index contributed by atoms with van der Waals surface area (Å²) in [5, 5.41) is 0. The van der Waals surface area contributed by atoms with Crippen molar-refractivity contribution in [1.29, 1.82) is 0 Å². The maximum Gasteiger partial charge on any atom is 0.165 e. The molecule has 2 nitrogen and oxygen atoms in total. The molecular weight excluding hydrogens is 219 g/mol. The number of ketones is 1. The SMILES string of the molecule is CC(C)CCOCCC(=O)c1ccc(F)cc1. The molecule has 1 aromatic rings. The number of ether oxygens (including phenoxy) is 1. The minimum Gasteiger partial charge on any atom is -0.381 e. The quantitative estimate of drug-likeness (QED) is 0.537. The van der Waals surface area contributed by atoms with E-state index in [1.54, 1.807) is 0 Å². The van der Waals surface area contributed by atoms with Crippen LogP contribution in [0.1, 0.15) is 37.0 Å². The lowest BCUT2D eigenvalue weighted by Crippen LogP contribution is -2.06. The molecule has 0 unspecified atom stereocenters. The van der Waals surface area contributed by atoms with E-state index in [-0.39, 0.29) is 11.6 Å². The Morgan fingerprint density at radius 2 is 1.88 bits per heavy atom. The van der Waals surface area contributed by atoms with Gasteiger partial charge in [0.1, 0.15) is 5.82 Å². The molecule has 0 aliphatic heterocycles. The topological polar surface area (TPSA) is 26.3 Å². The predicted octanol–water partition coefficient (Wildman–Crippen LogP) is 3.46. The van der Waals surface area contributed by atoms with Gasteiger partial charge in [-0.1, -0.05) is 13.8 Å². The molecular formula is C14H19FO2. The summed E-state index contributed by atoms with van der Waals surface area (Å²) in [7, 11) is 0. The zero-order chi connectivity index (χ0) is 12.7. The summed E-state index contributed by atoms with van der Waals surface area (Å²) in [6, 6.07) is 5.61. The lowest BCUT2D eigenvalue weighted by molar-refractivity contribution is 0.0861. The van der Waals surface area contributed by atoms with Crippen LogP contribution in [0.4, 0.5) is 4.39 Å². The van der Waals surface area contributed by atoms with Crippen LogP contribution in [0.5, 0.6) is 0 Å². The Kier molecular flexibility index (Phi) is 5.84. The van der Waals surface area contributed by atoms with E-state index in [1.165, 1.54) is 24.3 Å². The van der Waals surface area contributed by atoms with Crippen molar-refractivity contribution >= 4 is 5.78 Å². The molecule has 0 N–H and O–H groups in total. The van der Waals surface area contributed by atoms with Crippen molar-refractivity contribution in [2.45, 2.75) is 26.7 Å². The minimum atomic E-state index is -0.324. The fourth-order valence-electron chi connectivity index (χ4n) is 1.37.